The second-order valence-electron chi connectivity index (χ2n) is 4.45. The summed E-state index contributed by atoms with van der Waals surface area (Å²) < 4.78 is 0. The van der Waals surface area contributed by atoms with E-state index < -0.39 is 0 Å². The van der Waals surface area contributed by atoms with Crippen molar-refractivity contribution in [1.29, 1.82) is 0 Å². The quantitative estimate of drug-likeness (QED) is 0.523. The highest BCUT2D eigenvalue weighted by molar-refractivity contribution is 4.83. The summed E-state index contributed by atoms with van der Waals surface area (Å²) in [5, 5.41) is 3.59. The van der Waals surface area contributed by atoms with E-state index in [1.165, 1.54) is 32.1 Å². The van der Waals surface area contributed by atoms with Crippen molar-refractivity contribution in [1.82, 2.24) is 5.32 Å². The largest absolute Gasteiger partial charge is 0.314 e. The number of unbranched alkanes of at least 4 members (excludes halogenated alkanes) is 1. The van der Waals surface area contributed by atoms with E-state index in [1.54, 1.807) is 0 Å². The first-order valence-corrected chi connectivity index (χ1v) is 6.01. The highest BCUT2D eigenvalue weighted by Gasteiger charge is 2.18. The Morgan fingerprint density at radius 1 is 1.36 bits per heavy atom. The van der Waals surface area contributed by atoms with Crippen LogP contribution >= 0.6 is 0 Å². The van der Waals surface area contributed by atoms with Gasteiger partial charge in [0.25, 0.3) is 0 Å². The summed E-state index contributed by atoms with van der Waals surface area (Å²) in [7, 11) is 0. The minimum Gasteiger partial charge on any atom is -0.314 e. The molecule has 1 fully saturated rings. The van der Waals surface area contributed by atoms with Crippen molar-refractivity contribution < 1.29 is 0 Å². The van der Waals surface area contributed by atoms with Gasteiger partial charge in [0.15, 0.2) is 0 Å². The molecular formula is C13H23N. The Bertz CT molecular complexity index is 174. The predicted octanol–water partition coefficient (Wildman–Crippen LogP) is 2.96. The molecule has 1 nitrogen and oxygen atoms in total. The Morgan fingerprint density at radius 2 is 2.07 bits per heavy atom. The second-order valence-corrected chi connectivity index (χ2v) is 4.45. The lowest BCUT2D eigenvalue weighted by Crippen LogP contribution is -2.35. The summed E-state index contributed by atoms with van der Waals surface area (Å²) in [6.07, 6.45) is 14.4. The first kappa shape index (κ1) is 11.6. The van der Waals surface area contributed by atoms with Crippen LogP contribution in [0.3, 0.4) is 0 Å². The zero-order valence-corrected chi connectivity index (χ0v) is 9.39. The van der Waals surface area contributed by atoms with Crippen LogP contribution in [0, 0.1) is 18.3 Å². The number of rotatable bonds is 5. The van der Waals surface area contributed by atoms with E-state index in [0.717, 1.165) is 25.3 Å². The molecule has 1 aliphatic rings. The standard InChI is InChI=1S/C13H23N/c1-3-4-8-11-14-12(2)13-9-6-5-7-10-13/h1,12-14H,4-11H2,2H3/t12-/m1/s1. The summed E-state index contributed by atoms with van der Waals surface area (Å²) in [4.78, 5) is 0. The van der Waals surface area contributed by atoms with Crippen molar-refractivity contribution in [2.75, 3.05) is 6.54 Å². The smallest absolute Gasteiger partial charge is 0.00981 e. The van der Waals surface area contributed by atoms with E-state index >= 15 is 0 Å². The molecule has 80 valence electrons. The normalized spacial score (nSPS) is 20.3. The maximum atomic E-state index is 5.21. The van der Waals surface area contributed by atoms with Gasteiger partial charge >= 0.3 is 0 Å². The summed E-state index contributed by atoms with van der Waals surface area (Å²) in [6, 6.07) is 0.688. The van der Waals surface area contributed by atoms with Crippen molar-refractivity contribution in [2.45, 2.75) is 57.9 Å². The van der Waals surface area contributed by atoms with Crippen LogP contribution in [0.15, 0.2) is 0 Å². The van der Waals surface area contributed by atoms with Crippen LogP contribution < -0.4 is 5.32 Å². The highest BCUT2D eigenvalue weighted by Crippen LogP contribution is 2.26. The maximum absolute atomic E-state index is 5.21. The minimum absolute atomic E-state index is 0.688. The van der Waals surface area contributed by atoms with Gasteiger partial charge in [-0.15, -0.1) is 12.3 Å². The molecule has 0 spiro atoms. The molecule has 0 heterocycles. The van der Waals surface area contributed by atoms with Crippen molar-refractivity contribution in [3.05, 3.63) is 0 Å². The van der Waals surface area contributed by atoms with Gasteiger partial charge < -0.3 is 5.32 Å². The lowest BCUT2D eigenvalue weighted by atomic mass is 9.84. The van der Waals surface area contributed by atoms with Crippen LogP contribution in [0.1, 0.15) is 51.9 Å². The molecule has 0 radical (unpaired) electrons. The van der Waals surface area contributed by atoms with Gasteiger partial charge in [-0.25, -0.2) is 0 Å². The van der Waals surface area contributed by atoms with Gasteiger partial charge in [0.05, 0.1) is 0 Å². The fourth-order valence-corrected chi connectivity index (χ4v) is 2.32. The molecule has 0 aromatic heterocycles. The Hall–Kier alpha value is -0.480. The molecule has 0 aliphatic heterocycles. The predicted molar refractivity (Wildman–Crippen MR) is 62.1 cm³/mol. The fraction of sp³-hybridized carbons (Fsp3) is 0.846. The van der Waals surface area contributed by atoms with Gasteiger partial charge in [0, 0.05) is 12.5 Å². The minimum atomic E-state index is 0.688. The van der Waals surface area contributed by atoms with Crippen LogP contribution in [-0.4, -0.2) is 12.6 Å². The van der Waals surface area contributed by atoms with Gasteiger partial charge in [-0.2, -0.15) is 0 Å². The average molecular weight is 193 g/mol. The molecule has 14 heavy (non-hydrogen) atoms. The van der Waals surface area contributed by atoms with Crippen LogP contribution in [0.2, 0.25) is 0 Å². The first-order valence-electron chi connectivity index (χ1n) is 6.01. The zero-order valence-electron chi connectivity index (χ0n) is 9.39. The van der Waals surface area contributed by atoms with Crippen molar-refractivity contribution in [2.24, 2.45) is 5.92 Å². The number of terminal acetylenes is 1. The Labute approximate surface area is 88.7 Å². The Kier molecular flexibility index (Phi) is 5.71. The third-order valence-electron chi connectivity index (χ3n) is 3.32. The van der Waals surface area contributed by atoms with E-state index in [4.69, 9.17) is 6.42 Å². The van der Waals surface area contributed by atoms with E-state index in [0.29, 0.717) is 6.04 Å². The Balaban J connectivity index is 2.07. The van der Waals surface area contributed by atoms with Crippen molar-refractivity contribution >= 4 is 0 Å². The van der Waals surface area contributed by atoms with Gasteiger partial charge in [-0.1, -0.05) is 19.3 Å². The molecule has 0 amide bonds. The lowest BCUT2D eigenvalue weighted by molar-refractivity contribution is 0.281. The molecule has 1 N–H and O–H groups in total. The van der Waals surface area contributed by atoms with Crippen LogP contribution in [0.4, 0.5) is 0 Å². The molecule has 0 aromatic carbocycles. The molecule has 1 aliphatic carbocycles. The molecular weight excluding hydrogens is 170 g/mol. The molecule has 0 aromatic rings. The number of nitrogens with one attached hydrogen (secondary N) is 1. The monoisotopic (exact) mass is 193 g/mol. The first-order chi connectivity index (χ1) is 6.84. The zero-order chi connectivity index (χ0) is 10.2. The molecule has 0 bridgehead atoms. The van der Waals surface area contributed by atoms with Crippen LogP contribution in [0.5, 0.6) is 0 Å². The third kappa shape index (κ3) is 4.15. The van der Waals surface area contributed by atoms with Crippen LogP contribution in [0.25, 0.3) is 0 Å². The SMILES string of the molecule is C#CCCCN[C@H](C)C1CCCCC1. The van der Waals surface area contributed by atoms with Crippen LogP contribution in [-0.2, 0) is 0 Å². The van der Waals surface area contributed by atoms with Gasteiger partial charge in [0.2, 0.25) is 0 Å². The molecule has 1 saturated carbocycles. The van der Waals surface area contributed by atoms with Crippen molar-refractivity contribution in [3.8, 4) is 12.3 Å². The lowest BCUT2D eigenvalue weighted by Gasteiger charge is -2.28. The summed E-state index contributed by atoms with van der Waals surface area (Å²) in [5.41, 5.74) is 0. The number of hydrogen-bond donors (Lipinski definition) is 1. The van der Waals surface area contributed by atoms with Gasteiger partial charge in [-0.05, 0) is 38.6 Å². The van der Waals surface area contributed by atoms with E-state index in [-0.39, 0.29) is 0 Å². The van der Waals surface area contributed by atoms with Crippen molar-refractivity contribution in [3.63, 3.8) is 0 Å². The fourth-order valence-electron chi connectivity index (χ4n) is 2.32. The third-order valence-corrected chi connectivity index (χ3v) is 3.32. The molecule has 1 rings (SSSR count). The summed E-state index contributed by atoms with van der Waals surface area (Å²) >= 11 is 0. The summed E-state index contributed by atoms with van der Waals surface area (Å²) in [6.45, 7) is 3.41. The van der Waals surface area contributed by atoms with Gasteiger partial charge in [0.1, 0.15) is 0 Å². The topological polar surface area (TPSA) is 12.0 Å². The van der Waals surface area contributed by atoms with E-state index in [2.05, 4.69) is 18.2 Å². The molecule has 1 atom stereocenters. The Morgan fingerprint density at radius 3 is 2.71 bits per heavy atom. The molecule has 1 heteroatoms. The number of hydrogen-bond acceptors (Lipinski definition) is 1. The maximum Gasteiger partial charge on any atom is 0.00981 e. The van der Waals surface area contributed by atoms with E-state index in [9.17, 15) is 0 Å². The molecule has 0 saturated heterocycles. The molecule has 0 unspecified atom stereocenters. The van der Waals surface area contributed by atoms with Gasteiger partial charge in [-0.3, -0.25) is 0 Å². The second kappa shape index (κ2) is 6.90. The highest BCUT2D eigenvalue weighted by atomic mass is 14.9. The van der Waals surface area contributed by atoms with E-state index in [1.807, 2.05) is 0 Å². The summed E-state index contributed by atoms with van der Waals surface area (Å²) in [5.74, 6) is 3.59. The average Bonchev–Trinajstić information content (AvgIpc) is 2.25.